The maximum absolute atomic E-state index is 12.2. The SMILES string of the molecule is Cl.Cl.O=C(NNCc1ccccc1)C1CCN(c2ccncc2)CC1. The topological polar surface area (TPSA) is 57.3 Å². The van der Waals surface area contributed by atoms with E-state index in [1.165, 1.54) is 5.69 Å². The number of carbonyl (C=O) groups excluding carboxylic acids is 1. The molecule has 0 atom stereocenters. The Morgan fingerprint density at radius 1 is 1.04 bits per heavy atom. The lowest BCUT2D eigenvalue weighted by molar-refractivity contribution is -0.126. The third-order valence-corrected chi connectivity index (χ3v) is 4.24. The first-order valence-electron chi connectivity index (χ1n) is 8.04. The van der Waals surface area contributed by atoms with Crippen LogP contribution in [0.4, 0.5) is 5.69 Å². The van der Waals surface area contributed by atoms with Crippen LogP contribution in [-0.2, 0) is 11.3 Å². The molecule has 0 aliphatic carbocycles. The van der Waals surface area contributed by atoms with Gasteiger partial charge in [-0.1, -0.05) is 30.3 Å². The molecule has 2 heterocycles. The molecule has 5 nitrogen and oxygen atoms in total. The predicted molar refractivity (Wildman–Crippen MR) is 105 cm³/mol. The summed E-state index contributed by atoms with van der Waals surface area (Å²) in [5.74, 6) is 0.173. The number of aromatic nitrogens is 1. The molecule has 1 aromatic heterocycles. The Balaban J connectivity index is 0.00000156. The third kappa shape index (κ3) is 6.20. The summed E-state index contributed by atoms with van der Waals surface area (Å²) in [7, 11) is 0. The molecule has 1 aliphatic heterocycles. The average Bonchev–Trinajstić information content (AvgIpc) is 2.63. The number of hydrogen-bond donors (Lipinski definition) is 2. The number of pyridine rings is 1. The van der Waals surface area contributed by atoms with Crippen molar-refractivity contribution in [2.24, 2.45) is 5.92 Å². The molecule has 0 bridgehead atoms. The first kappa shape index (κ1) is 21.2. The maximum atomic E-state index is 12.2. The molecule has 25 heavy (non-hydrogen) atoms. The number of benzene rings is 1. The molecule has 1 aliphatic rings. The number of hydrazine groups is 1. The summed E-state index contributed by atoms with van der Waals surface area (Å²) in [6, 6.07) is 14.1. The maximum Gasteiger partial charge on any atom is 0.237 e. The number of carbonyl (C=O) groups is 1. The van der Waals surface area contributed by atoms with E-state index in [0.29, 0.717) is 6.54 Å². The molecule has 0 unspecified atom stereocenters. The summed E-state index contributed by atoms with van der Waals surface area (Å²) < 4.78 is 0. The minimum atomic E-state index is 0. The van der Waals surface area contributed by atoms with Crippen LogP contribution in [0.25, 0.3) is 0 Å². The van der Waals surface area contributed by atoms with Crippen LogP contribution < -0.4 is 15.8 Å². The van der Waals surface area contributed by atoms with Crippen molar-refractivity contribution in [2.45, 2.75) is 19.4 Å². The monoisotopic (exact) mass is 382 g/mol. The molecule has 7 heteroatoms. The molecule has 2 N–H and O–H groups in total. The van der Waals surface area contributed by atoms with E-state index in [4.69, 9.17) is 0 Å². The van der Waals surface area contributed by atoms with Crippen LogP contribution in [0.2, 0.25) is 0 Å². The molecule has 1 amide bonds. The van der Waals surface area contributed by atoms with Crippen molar-refractivity contribution < 1.29 is 4.79 Å². The number of piperidine rings is 1. The molecule has 1 saturated heterocycles. The predicted octanol–water partition coefficient (Wildman–Crippen LogP) is 2.96. The van der Waals surface area contributed by atoms with Gasteiger partial charge >= 0.3 is 0 Å². The fourth-order valence-electron chi connectivity index (χ4n) is 2.89. The Kier molecular flexibility index (Phi) is 9.27. The number of nitrogens with zero attached hydrogens (tertiary/aromatic N) is 2. The van der Waals surface area contributed by atoms with Crippen LogP contribution in [0.3, 0.4) is 0 Å². The molecule has 2 aromatic rings. The summed E-state index contributed by atoms with van der Waals surface area (Å²) in [4.78, 5) is 18.6. The highest BCUT2D eigenvalue weighted by molar-refractivity contribution is 5.85. The van der Waals surface area contributed by atoms with E-state index in [1.54, 1.807) is 0 Å². The third-order valence-electron chi connectivity index (χ3n) is 4.24. The minimum Gasteiger partial charge on any atom is -0.371 e. The summed E-state index contributed by atoms with van der Waals surface area (Å²) in [5, 5.41) is 0. The molecule has 0 saturated carbocycles. The van der Waals surface area contributed by atoms with Gasteiger partial charge in [0.1, 0.15) is 0 Å². The van der Waals surface area contributed by atoms with Crippen molar-refractivity contribution in [3.8, 4) is 0 Å². The zero-order chi connectivity index (χ0) is 15.9. The summed E-state index contributed by atoms with van der Waals surface area (Å²) in [5.41, 5.74) is 8.19. The zero-order valence-electron chi connectivity index (χ0n) is 13.9. The van der Waals surface area contributed by atoms with Gasteiger partial charge in [-0.2, -0.15) is 0 Å². The standard InChI is InChI=1S/C18H22N4O.2ClH/c23-18(21-20-14-15-4-2-1-3-5-15)16-8-12-22(13-9-16)17-6-10-19-11-7-17;;/h1-7,10-11,16,20H,8-9,12-14H2,(H,21,23);2*1H. The summed E-state index contributed by atoms with van der Waals surface area (Å²) in [6.45, 7) is 2.45. The number of rotatable bonds is 5. The van der Waals surface area contributed by atoms with Crippen LogP contribution in [0.5, 0.6) is 0 Å². The highest BCUT2D eigenvalue weighted by Crippen LogP contribution is 2.22. The second-order valence-electron chi connectivity index (χ2n) is 5.80. The van der Waals surface area contributed by atoms with E-state index in [9.17, 15) is 4.79 Å². The Morgan fingerprint density at radius 2 is 1.68 bits per heavy atom. The van der Waals surface area contributed by atoms with Gasteiger partial charge in [0.2, 0.25) is 5.91 Å². The quantitative estimate of drug-likeness (QED) is 0.780. The van der Waals surface area contributed by atoms with Gasteiger partial charge < -0.3 is 4.90 Å². The largest absolute Gasteiger partial charge is 0.371 e. The van der Waals surface area contributed by atoms with Crippen molar-refractivity contribution in [1.82, 2.24) is 15.8 Å². The number of amides is 1. The molecule has 0 radical (unpaired) electrons. The van der Waals surface area contributed by atoms with Gasteiger partial charge in [-0.3, -0.25) is 15.2 Å². The normalized spacial score (nSPS) is 14.2. The molecule has 1 aromatic carbocycles. The summed E-state index contributed by atoms with van der Waals surface area (Å²) in [6.07, 6.45) is 5.37. The van der Waals surface area contributed by atoms with Gasteiger partial charge in [-0.05, 0) is 30.5 Å². The van der Waals surface area contributed by atoms with Crippen molar-refractivity contribution in [1.29, 1.82) is 0 Å². The van der Waals surface area contributed by atoms with E-state index in [1.807, 2.05) is 54.9 Å². The summed E-state index contributed by atoms with van der Waals surface area (Å²) >= 11 is 0. The van der Waals surface area contributed by atoms with E-state index >= 15 is 0 Å². The lowest BCUT2D eigenvalue weighted by Crippen LogP contribution is -2.45. The lowest BCUT2D eigenvalue weighted by Gasteiger charge is -2.32. The number of hydrogen-bond acceptors (Lipinski definition) is 4. The van der Waals surface area contributed by atoms with Crippen molar-refractivity contribution in [3.05, 3.63) is 60.4 Å². The molecule has 136 valence electrons. The van der Waals surface area contributed by atoms with Crippen LogP contribution in [0.15, 0.2) is 54.9 Å². The second kappa shape index (κ2) is 10.9. The smallest absolute Gasteiger partial charge is 0.237 e. The van der Waals surface area contributed by atoms with Crippen molar-refractivity contribution >= 4 is 36.4 Å². The van der Waals surface area contributed by atoms with Gasteiger partial charge in [-0.15, -0.1) is 24.8 Å². The first-order valence-corrected chi connectivity index (χ1v) is 8.04. The number of nitrogens with one attached hydrogen (secondary N) is 2. The molecule has 0 spiro atoms. The fourth-order valence-corrected chi connectivity index (χ4v) is 2.89. The van der Waals surface area contributed by atoms with Crippen LogP contribution in [0.1, 0.15) is 18.4 Å². The van der Waals surface area contributed by atoms with E-state index in [2.05, 4.69) is 20.7 Å². The molecular formula is C18H24Cl2N4O. The Labute approximate surface area is 161 Å². The Morgan fingerprint density at radius 3 is 2.32 bits per heavy atom. The van der Waals surface area contributed by atoms with Crippen molar-refractivity contribution in [2.75, 3.05) is 18.0 Å². The van der Waals surface area contributed by atoms with Crippen LogP contribution in [-0.4, -0.2) is 24.0 Å². The second-order valence-corrected chi connectivity index (χ2v) is 5.80. The average molecular weight is 383 g/mol. The van der Waals surface area contributed by atoms with E-state index < -0.39 is 0 Å². The van der Waals surface area contributed by atoms with Gasteiger partial charge in [0.25, 0.3) is 0 Å². The highest BCUT2D eigenvalue weighted by atomic mass is 35.5. The van der Waals surface area contributed by atoms with Gasteiger partial charge in [0.15, 0.2) is 0 Å². The van der Waals surface area contributed by atoms with Gasteiger partial charge in [-0.25, -0.2) is 5.43 Å². The van der Waals surface area contributed by atoms with Crippen LogP contribution in [0, 0.1) is 5.92 Å². The van der Waals surface area contributed by atoms with E-state index in [0.717, 1.165) is 31.5 Å². The zero-order valence-corrected chi connectivity index (χ0v) is 15.6. The number of anilines is 1. The lowest BCUT2D eigenvalue weighted by atomic mass is 9.96. The van der Waals surface area contributed by atoms with Crippen LogP contribution >= 0.6 is 24.8 Å². The fraction of sp³-hybridized carbons (Fsp3) is 0.333. The Bertz CT molecular complexity index is 619. The van der Waals surface area contributed by atoms with Crippen molar-refractivity contribution in [3.63, 3.8) is 0 Å². The van der Waals surface area contributed by atoms with E-state index in [-0.39, 0.29) is 36.6 Å². The van der Waals surface area contributed by atoms with Gasteiger partial charge in [0, 0.05) is 43.6 Å². The number of halogens is 2. The molecule has 3 rings (SSSR count). The van der Waals surface area contributed by atoms with Gasteiger partial charge in [0.05, 0.1) is 0 Å². The highest BCUT2D eigenvalue weighted by Gasteiger charge is 2.24. The minimum absolute atomic E-state index is 0. The Hall–Kier alpha value is -1.82. The molecular weight excluding hydrogens is 359 g/mol. The molecule has 1 fully saturated rings. The first-order chi connectivity index (χ1) is 11.3.